The summed E-state index contributed by atoms with van der Waals surface area (Å²) in [6.45, 7) is 0. The van der Waals surface area contributed by atoms with Gasteiger partial charge in [0.1, 0.15) is 15.7 Å². The molecule has 0 spiro atoms. The Morgan fingerprint density at radius 3 is 2.44 bits per heavy atom. The average molecular weight is 274 g/mol. The van der Waals surface area contributed by atoms with Gasteiger partial charge in [-0.1, -0.05) is 6.07 Å². The Labute approximate surface area is 112 Å². The quantitative estimate of drug-likeness (QED) is 0.704. The molecule has 0 unspecified atom stereocenters. The minimum Gasteiger partial charge on any atom is -0.398 e. The zero-order chi connectivity index (χ0) is 12.5. The van der Waals surface area contributed by atoms with Crippen LogP contribution in [-0.2, 0) is 0 Å². The fraction of sp³-hybridized carbons (Fsp3) is 0. The van der Waals surface area contributed by atoms with Gasteiger partial charge in [0.25, 0.3) is 0 Å². The number of nitrogen functional groups attached to an aromatic ring is 2. The predicted octanol–water partition coefficient (Wildman–Crippen LogP) is 3.10. The molecule has 3 rings (SSSR count). The van der Waals surface area contributed by atoms with Crippen LogP contribution in [0.5, 0.6) is 0 Å². The van der Waals surface area contributed by atoms with E-state index < -0.39 is 0 Å². The van der Waals surface area contributed by atoms with Crippen molar-refractivity contribution in [3.63, 3.8) is 0 Å². The topological polar surface area (TPSA) is 77.8 Å². The Morgan fingerprint density at radius 1 is 1.00 bits per heavy atom. The van der Waals surface area contributed by atoms with Crippen LogP contribution in [0.25, 0.3) is 21.3 Å². The SMILES string of the molecule is Nc1cccc(N)c1-c1nc(-c2nccs2)cs1. The Hall–Kier alpha value is -1.92. The van der Waals surface area contributed by atoms with Gasteiger partial charge >= 0.3 is 0 Å². The predicted molar refractivity (Wildman–Crippen MR) is 77.5 cm³/mol. The molecular formula is C12H10N4S2. The highest BCUT2D eigenvalue weighted by Gasteiger charge is 2.12. The summed E-state index contributed by atoms with van der Waals surface area (Å²) >= 11 is 3.09. The molecule has 3 aromatic rings. The monoisotopic (exact) mass is 274 g/mol. The van der Waals surface area contributed by atoms with Crippen LogP contribution >= 0.6 is 22.7 Å². The molecule has 0 aliphatic rings. The summed E-state index contributed by atoms with van der Waals surface area (Å²) in [5, 5.41) is 5.64. The highest BCUT2D eigenvalue weighted by molar-refractivity contribution is 7.15. The Morgan fingerprint density at radius 2 is 1.78 bits per heavy atom. The molecule has 0 atom stereocenters. The molecule has 4 nitrogen and oxygen atoms in total. The van der Waals surface area contributed by atoms with E-state index in [9.17, 15) is 0 Å². The first-order valence-electron chi connectivity index (χ1n) is 5.25. The molecule has 90 valence electrons. The molecule has 0 amide bonds. The Bertz CT molecular complexity index is 653. The summed E-state index contributed by atoms with van der Waals surface area (Å²) < 4.78 is 0. The van der Waals surface area contributed by atoms with Crippen molar-refractivity contribution in [2.24, 2.45) is 0 Å². The van der Waals surface area contributed by atoms with Gasteiger partial charge in [0.2, 0.25) is 0 Å². The zero-order valence-electron chi connectivity index (χ0n) is 9.33. The minimum atomic E-state index is 0.648. The molecule has 0 bridgehead atoms. The first-order valence-corrected chi connectivity index (χ1v) is 7.01. The number of nitrogens with zero attached hydrogens (tertiary/aromatic N) is 2. The van der Waals surface area contributed by atoms with Crippen LogP contribution in [-0.4, -0.2) is 9.97 Å². The van der Waals surface area contributed by atoms with Gasteiger partial charge < -0.3 is 11.5 Å². The highest BCUT2D eigenvalue weighted by atomic mass is 32.1. The number of nitrogens with two attached hydrogens (primary N) is 2. The van der Waals surface area contributed by atoms with Gasteiger partial charge in [-0.3, -0.25) is 0 Å². The Kier molecular flexibility index (Phi) is 2.73. The molecule has 0 fully saturated rings. The zero-order valence-corrected chi connectivity index (χ0v) is 11.0. The maximum Gasteiger partial charge on any atom is 0.142 e. The van der Waals surface area contributed by atoms with E-state index in [1.807, 2.05) is 29.0 Å². The van der Waals surface area contributed by atoms with E-state index in [1.165, 1.54) is 11.3 Å². The first-order chi connectivity index (χ1) is 8.75. The lowest BCUT2D eigenvalue weighted by Gasteiger charge is -2.05. The van der Waals surface area contributed by atoms with Crippen LogP contribution in [0.3, 0.4) is 0 Å². The number of thiazole rings is 2. The number of rotatable bonds is 2. The van der Waals surface area contributed by atoms with Gasteiger partial charge in [0.05, 0.1) is 5.56 Å². The lowest BCUT2D eigenvalue weighted by Crippen LogP contribution is -1.95. The third-order valence-corrected chi connectivity index (χ3v) is 4.15. The third kappa shape index (κ3) is 1.85. The molecule has 1 aromatic carbocycles. The van der Waals surface area contributed by atoms with Gasteiger partial charge in [-0.2, -0.15) is 0 Å². The van der Waals surface area contributed by atoms with E-state index in [1.54, 1.807) is 17.5 Å². The van der Waals surface area contributed by atoms with Gasteiger partial charge in [-0.15, -0.1) is 22.7 Å². The van der Waals surface area contributed by atoms with Crippen LogP contribution in [0.15, 0.2) is 35.2 Å². The van der Waals surface area contributed by atoms with E-state index in [2.05, 4.69) is 9.97 Å². The standard InChI is InChI=1S/C12H10N4S2/c13-7-2-1-3-8(14)10(7)12-16-9(6-18-12)11-15-4-5-17-11/h1-6H,13-14H2. The second-order valence-corrected chi connectivity index (χ2v) is 5.44. The molecule has 0 saturated heterocycles. The smallest absolute Gasteiger partial charge is 0.142 e. The molecule has 2 heterocycles. The van der Waals surface area contributed by atoms with Crippen molar-refractivity contribution < 1.29 is 0 Å². The van der Waals surface area contributed by atoms with E-state index in [0.29, 0.717) is 11.4 Å². The molecule has 0 aliphatic heterocycles. The Balaban J connectivity index is 2.09. The minimum absolute atomic E-state index is 0.648. The molecule has 4 N–H and O–H groups in total. The summed E-state index contributed by atoms with van der Waals surface area (Å²) in [6, 6.07) is 5.50. The van der Waals surface area contributed by atoms with Crippen molar-refractivity contribution in [1.29, 1.82) is 0 Å². The normalized spacial score (nSPS) is 10.7. The van der Waals surface area contributed by atoms with Crippen molar-refractivity contribution >= 4 is 34.0 Å². The molecule has 0 radical (unpaired) electrons. The van der Waals surface area contributed by atoms with Gasteiger partial charge in [-0.05, 0) is 12.1 Å². The van der Waals surface area contributed by atoms with Crippen LogP contribution in [0.2, 0.25) is 0 Å². The van der Waals surface area contributed by atoms with Crippen molar-refractivity contribution in [3.8, 4) is 21.3 Å². The van der Waals surface area contributed by atoms with E-state index >= 15 is 0 Å². The summed E-state index contributed by atoms with van der Waals surface area (Å²) in [5.74, 6) is 0. The third-order valence-electron chi connectivity index (χ3n) is 2.50. The van der Waals surface area contributed by atoms with Gasteiger partial charge in [0.15, 0.2) is 0 Å². The summed E-state index contributed by atoms with van der Waals surface area (Å²) in [5.41, 5.74) is 14.9. The fourth-order valence-corrected chi connectivity index (χ4v) is 3.24. The number of hydrogen-bond acceptors (Lipinski definition) is 6. The molecular weight excluding hydrogens is 264 g/mol. The van der Waals surface area contributed by atoms with E-state index in [0.717, 1.165) is 21.3 Å². The van der Waals surface area contributed by atoms with Crippen molar-refractivity contribution in [3.05, 3.63) is 35.2 Å². The fourth-order valence-electron chi connectivity index (χ4n) is 1.67. The van der Waals surface area contributed by atoms with Crippen LogP contribution < -0.4 is 11.5 Å². The van der Waals surface area contributed by atoms with Crippen molar-refractivity contribution in [2.45, 2.75) is 0 Å². The van der Waals surface area contributed by atoms with E-state index in [-0.39, 0.29) is 0 Å². The van der Waals surface area contributed by atoms with Gasteiger partial charge in [-0.25, -0.2) is 9.97 Å². The molecule has 2 aromatic heterocycles. The summed E-state index contributed by atoms with van der Waals surface area (Å²) in [4.78, 5) is 8.79. The average Bonchev–Trinajstić information content (AvgIpc) is 2.99. The molecule has 18 heavy (non-hydrogen) atoms. The highest BCUT2D eigenvalue weighted by Crippen LogP contribution is 2.36. The number of benzene rings is 1. The lowest BCUT2D eigenvalue weighted by atomic mass is 10.1. The second-order valence-electron chi connectivity index (χ2n) is 3.69. The maximum absolute atomic E-state index is 5.95. The molecule has 0 saturated carbocycles. The molecule has 6 heteroatoms. The number of anilines is 2. The van der Waals surface area contributed by atoms with Crippen molar-refractivity contribution in [2.75, 3.05) is 11.5 Å². The molecule has 0 aliphatic carbocycles. The number of hydrogen-bond donors (Lipinski definition) is 2. The number of aromatic nitrogens is 2. The second kappa shape index (κ2) is 4.40. The largest absolute Gasteiger partial charge is 0.398 e. The van der Waals surface area contributed by atoms with E-state index in [4.69, 9.17) is 11.5 Å². The van der Waals surface area contributed by atoms with Crippen LogP contribution in [0.1, 0.15) is 0 Å². The van der Waals surface area contributed by atoms with Crippen LogP contribution in [0.4, 0.5) is 11.4 Å². The van der Waals surface area contributed by atoms with Crippen LogP contribution in [0, 0.1) is 0 Å². The lowest BCUT2D eigenvalue weighted by molar-refractivity contribution is 1.34. The van der Waals surface area contributed by atoms with Crippen molar-refractivity contribution in [1.82, 2.24) is 9.97 Å². The van der Waals surface area contributed by atoms with Gasteiger partial charge in [0, 0.05) is 28.3 Å². The summed E-state index contributed by atoms with van der Waals surface area (Å²) in [6.07, 6.45) is 1.77. The maximum atomic E-state index is 5.95. The first kappa shape index (κ1) is 11.2. The summed E-state index contributed by atoms with van der Waals surface area (Å²) in [7, 11) is 0.